The number of benzene rings is 3. The minimum Gasteiger partial charge on any atom is -0.494 e. The predicted octanol–water partition coefficient (Wildman–Crippen LogP) is 8.69. The van der Waals surface area contributed by atoms with Gasteiger partial charge in [-0.15, -0.1) is 0 Å². The molecule has 34 heavy (non-hydrogen) atoms. The smallest absolute Gasteiger partial charge is 0.142 e. The quantitative estimate of drug-likeness (QED) is 0.169. The number of ether oxygens (including phenoxy) is 1. The van der Waals surface area contributed by atoms with E-state index < -0.39 is 11.6 Å². The fraction of sp³-hybridized carbons (Fsp3) is 0.310. The van der Waals surface area contributed by atoms with E-state index in [-0.39, 0.29) is 5.56 Å². The molecule has 3 aromatic carbocycles. The Labute approximate surface area is 200 Å². The van der Waals surface area contributed by atoms with Crippen LogP contribution in [-0.2, 0) is 6.42 Å². The van der Waals surface area contributed by atoms with E-state index in [2.05, 4.69) is 35.9 Å². The number of azo groups is 1. The molecule has 0 radical (unpaired) electrons. The van der Waals surface area contributed by atoms with Crippen LogP contribution in [0.1, 0.15) is 62.6 Å². The highest BCUT2D eigenvalue weighted by atomic mass is 19.1. The summed E-state index contributed by atoms with van der Waals surface area (Å²) in [7, 11) is 0. The third kappa shape index (κ3) is 7.81. The van der Waals surface area contributed by atoms with E-state index in [1.54, 1.807) is 24.3 Å². The summed E-state index contributed by atoms with van der Waals surface area (Å²) >= 11 is 0. The van der Waals surface area contributed by atoms with Crippen molar-refractivity contribution in [3.8, 4) is 17.6 Å². The van der Waals surface area contributed by atoms with E-state index in [0.29, 0.717) is 29.8 Å². The summed E-state index contributed by atoms with van der Waals surface area (Å²) in [5, 5.41) is 8.46. The Hall–Kier alpha value is -3.52. The first-order valence-electron chi connectivity index (χ1n) is 11.8. The minimum absolute atomic E-state index is 0.204. The highest BCUT2D eigenvalue weighted by molar-refractivity contribution is 5.49. The molecular weight excluding hydrogens is 430 g/mol. The van der Waals surface area contributed by atoms with Crippen LogP contribution in [-0.4, -0.2) is 6.61 Å². The Balaban J connectivity index is 1.61. The third-order valence-corrected chi connectivity index (χ3v) is 5.25. The molecule has 0 heterocycles. The van der Waals surface area contributed by atoms with E-state index in [4.69, 9.17) is 4.74 Å². The Morgan fingerprint density at radius 1 is 0.735 bits per heavy atom. The van der Waals surface area contributed by atoms with Gasteiger partial charge in [0.25, 0.3) is 0 Å². The molecule has 3 rings (SSSR count). The first-order chi connectivity index (χ1) is 16.6. The number of aryl methyl sites for hydroxylation is 1. The number of nitrogens with zero attached hydrogens (tertiary/aromatic N) is 2. The van der Waals surface area contributed by atoms with Crippen LogP contribution in [0.2, 0.25) is 0 Å². The van der Waals surface area contributed by atoms with Crippen LogP contribution in [0.4, 0.5) is 20.2 Å². The first kappa shape index (κ1) is 25.1. The normalized spacial score (nSPS) is 10.8. The van der Waals surface area contributed by atoms with E-state index in [9.17, 15) is 8.78 Å². The SMILES string of the molecule is CCCCCc1cc(F)c(C#Cc2ccc(N=Nc3ccc(OCCCC)cc3)cc2)c(F)c1. The largest absolute Gasteiger partial charge is 0.494 e. The Bertz CT molecular complexity index is 1120. The first-order valence-corrected chi connectivity index (χ1v) is 11.8. The molecule has 0 atom stereocenters. The highest BCUT2D eigenvalue weighted by Crippen LogP contribution is 2.22. The van der Waals surface area contributed by atoms with Gasteiger partial charge < -0.3 is 4.74 Å². The van der Waals surface area contributed by atoms with Crippen LogP contribution < -0.4 is 4.74 Å². The van der Waals surface area contributed by atoms with E-state index in [0.717, 1.165) is 43.5 Å². The van der Waals surface area contributed by atoms with Gasteiger partial charge in [0.2, 0.25) is 0 Å². The number of hydrogen-bond acceptors (Lipinski definition) is 3. The van der Waals surface area contributed by atoms with Gasteiger partial charge in [-0.05, 0) is 85.5 Å². The van der Waals surface area contributed by atoms with Gasteiger partial charge in [0.05, 0.1) is 23.5 Å². The summed E-state index contributed by atoms with van der Waals surface area (Å²) in [6.07, 6.45) is 5.82. The molecule has 0 aliphatic heterocycles. The van der Waals surface area contributed by atoms with E-state index >= 15 is 0 Å². The summed E-state index contributed by atoms with van der Waals surface area (Å²) in [6.45, 7) is 4.92. The van der Waals surface area contributed by atoms with Crippen molar-refractivity contribution in [3.63, 3.8) is 0 Å². The molecule has 3 aromatic rings. The van der Waals surface area contributed by atoms with Crippen molar-refractivity contribution in [3.05, 3.63) is 89.0 Å². The summed E-state index contributed by atoms with van der Waals surface area (Å²) in [4.78, 5) is 0. The highest BCUT2D eigenvalue weighted by Gasteiger charge is 2.09. The van der Waals surface area contributed by atoms with Gasteiger partial charge in [-0.25, -0.2) is 8.78 Å². The van der Waals surface area contributed by atoms with Crippen LogP contribution in [0.5, 0.6) is 5.75 Å². The van der Waals surface area contributed by atoms with Crippen LogP contribution in [0.3, 0.4) is 0 Å². The van der Waals surface area contributed by atoms with E-state index in [1.165, 1.54) is 12.1 Å². The number of unbranched alkanes of at least 4 members (excludes halogenated alkanes) is 3. The lowest BCUT2D eigenvalue weighted by Crippen LogP contribution is -1.95. The average Bonchev–Trinajstić information content (AvgIpc) is 2.84. The van der Waals surface area contributed by atoms with Crippen molar-refractivity contribution in [2.24, 2.45) is 10.2 Å². The second-order valence-corrected chi connectivity index (χ2v) is 8.08. The zero-order chi connectivity index (χ0) is 24.2. The molecule has 0 saturated carbocycles. The lowest BCUT2D eigenvalue weighted by atomic mass is 10.0. The van der Waals surface area contributed by atoms with Crippen molar-refractivity contribution >= 4 is 11.4 Å². The molecule has 5 heteroatoms. The standard InChI is InChI=1S/C29H30F2N2O/c1-3-5-7-8-23-20-28(30)27(29(31)21-23)18-11-22-9-12-24(13-10-22)32-33-25-14-16-26(17-15-25)34-19-6-4-2/h9-10,12-17,20-21H,3-8,19H2,1-2H3. The van der Waals surface area contributed by atoms with Crippen molar-refractivity contribution in [2.75, 3.05) is 6.61 Å². The summed E-state index contributed by atoms with van der Waals surface area (Å²) in [6, 6.07) is 17.2. The number of halogens is 2. The van der Waals surface area contributed by atoms with Crippen LogP contribution in [0.25, 0.3) is 0 Å². The Kier molecular flexibility index (Phi) is 9.79. The van der Waals surface area contributed by atoms with Crippen LogP contribution in [0, 0.1) is 23.5 Å². The van der Waals surface area contributed by atoms with Crippen molar-refractivity contribution in [2.45, 2.75) is 52.4 Å². The fourth-order valence-electron chi connectivity index (χ4n) is 3.27. The minimum atomic E-state index is -0.619. The van der Waals surface area contributed by atoms with Crippen molar-refractivity contribution in [1.29, 1.82) is 0 Å². The maximum Gasteiger partial charge on any atom is 0.142 e. The fourth-order valence-corrected chi connectivity index (χ4v) is 3.27. The van der Waals surface area contributed by atoms with Gasteiger partial charge in [-0.3, -0.25) is 0 Å². The summed E-state index contributed by atoms with van der Waals surface area (Å²) in [5.74, 6) is 5.03. The molecular formula is C29H30F2N2O. The lowest BCUT2D eigenvalue weighted by molar-refractivity contribution is 0.309. The molecule has 0 aliphatic carbocycles. The van der Waals surface area contributed by atoms with Gasteiger partial charge in [-0.2, -0.15) is 10.2 Å². The molecule has 0 unspecified atom stereocenters. The number of rotatable bonds is 10. The van der Waals surface area contributed by atoms with Gasteiger partial charge >= 0.3 is 0 Å². The number of hydrogen-bond donors (Lipinski definition) is 0. The molecule has 0 amide bonds. The molecule has 176 valence electrons. The zero-order valence-corrected chi connectivity index (χ0v) is 19.8. The maximum absolute atomic E-state index is 14.4. The molecule has 0 saturated heterocycles. The third-order valence-electron chi connectivity index (χ3n) is 5.25. The van der Waals surface area contributed by atoms with E-state index in [1.807, 2.05) is 24.3 Å². The lowest BCUT2D eigenvalue weighted by Gasteiger charge is -2.04. The second-order valence-electron chi connectivity index (χ2n) is 8.08. The average molecular weight is 461 g/mol. The van der Waals surface area contributed by atoms with Gasteiger partial charge in [-0.1, -0.05) is 45.0 Å². The van der Waals surface area contributed by atoms with Crippen LogP contribution >= 0.6 is 0 Å². The molecule has 0 spiro atoms. The second kappa shape index (κ2) is 13.3. The van der Waals surface area contributed by atoms with Crippen LogP contribution in [0.15, 0.2) is 70.9 Å². The molecule has 0 aliphatic rings. The monoisotopic (exact) mass is 460 g/mol. The van der Waals surface area contributed by atoms with Crippen molar-refractivity contribution in [1.82, 2.24) is 0 Å². The molecule has 0 N–H and O–H groups in total. The molecule has 0 bridgehead atoms. The van der Waals surface area contributed by atoms with Crippen molar-refractivity contribution < 1.29 is 13.5 Å². The topological polar surface area (TPSA) is 34.0 Å². The maximum atomic E-state index is 14.4. The molecule has 0 aromatic heterocycles. The Morgan fingerprint density at radius 2 is 1.32 bits per heavy atom. The summed E-state index contributed by atoms with van der Waals surface area (Å²) < 4.78 is 34.4. The van der Waals surface area contributed by atoms with Gasteiger partial charge in [0.15, 0.2) is 0 Å². The van der Waals surface area contributed by atoms with Gasteiger partial charge in [0, 0.05) is 5.56 Å². The molecule has 0 fully saturated rings. The predicted molar refractivity (Wildman–Crippen MR) is 133 cm³/mol. The summed E-state index contributed by atoms with van der Waals surface area (Å²) in [5.41, 5.74) is 2.48. The van der Waals surface area contributed by atoms with Gasteiger partial charge in [0.1, 0.15) is 17.4 Å². The molecule has 3 nitrogen and oxygen atoms in total. The Morgan fingerprint density at radius 3 is 1.91 bits per heavy atom. The zero-order valence-electron chi connectivity index (χ0n) is 19.8.